The molecule has 2 aliphatic rings. The number of carbonyl (C=O) groups excluding carboxylic acids is 1. The van der Waals surface area contributed by atoms with E-state index in [4.69, 9.17) is 4.74 Å². The fourth-order valence-corrected chi connectivity index (χ4v) is 4.23. The SMILES string of the molecule is CN=C(NCC(=O)N1CCc2ccccc21)NC1CCN(c2ccccc2OC)C1.I. The third-order valence-corrected chi connectivity index (χ3v) is 5.77. The molecule has 0 aromatic heterocycles. The predicted octanol–water partition coefficient (Wildman–Crippen LogP) is 2.65. The van der Waals surface area contributed by atoms with Gasteiger partial charge in [0.2, 0.25) is 5.91 Å². The van der Waals surface area contributed by atoms with Crippen LogP contribution in [0.4, 0.5) is 11.4 Å². The molecule has 2 N–H and O–H groups in total. The van der Waals surface area contributed by atoms with Crippen molar-refractivity contribution < 1.29 is 9.53 Å². The number of halogens is 1. The van der Waals surface area contributed by atoms with E-state index < -0.39 is 0 Å². The number of para-hydroxylation sites is 3. The highest BCUT2D eigenvalue weighted by molar-refractivity contribution is 14.0. The Morgan fingerprint density at radius 2 is 1.87 bits per heavy atom. The molecular weight excluding hydrogens is 505 g/mol. The van der Waals surface area contributed by atoms with Gasteiger partial charge in [-0.05, 0) is 36.6 Å². The number of nitrogens with zero attached hydrogens (tertiary/aromatic N) is 3. The molecule has 0 spiro atoms. The van der Waals surface area contributed by atoms with E-state index in [-0.39, 0.29) is 42.5 Å². The lowest BCUT2D eigenvalue weighted by molar-refractivity contribution is -0.117. The number of aliphatic imine (C=N–C) groups is 1. The van der Waals surface area contributed by atoms with Crippen LogP contribution in [0.1, 0.15) is 12.0 Å². The van der Waals surface area contributed by atoms with Crippen LogP contribution in [0.15, 0.2) is 53.5 Å². The number of benzene rings is 2. The molecule has 2 aromatic carbocycles. The maximum Gasteiger partial charge on any atom is 0.246 e. The minimum atomic E-state index is 0. The monoisotopic (exact) mass is 535 g/mol. The highest BCUT2D eigenvalue weighted by Crippen LogP contribution is 2.30. The molecule has 166 valence electrons. The van der Waals surface area contributed by atoms with Crippen molar-refractivity contribution in [2.75, 3.05) is 50.1 Å². The summed E-state index contributed by atoms with van der Waals surface area (Å²) >= 11 is 0. The zero-order valence-corrected chi connectivity index (χ0v) is 20.3. The van der Waals surface area contributed by atoms with Crippen molar-refractivity contribution in [1.29, 1.82) is 0 Å². The first-order valence-corrected chi connectivity index (χ1v) is 10.4. The average molecular weight is 535 g/mol. The summed E-state index contributed by atoms with van der Waals surface area (Å²) in [5.41, 5.74) is 3.36. The summed E-state index contributed by atoms with van der Waals surface area (Å²) in [7, 11) is 3.43. The number of anilines is 2. The van der Waals surface area contributed by atoms with Crippen LogP contribution >= 0.6 is 24.0 Å². The van der Waals surface area contributed by atoms with Crippen molar-refractivity contribution in [3.63, 3.8) is 0 Å². The minimum Gasteiger partial charge on any atom is -0.495 e. The smallest absolute Gasteiger partial charge is 0.246 e. The summed E-state index contributed by atoms with van der Waals surface area (Å²) in [6, 6.07) is 16.4. The van der Waals surface area contributed by atoms with E-state index in [1.807, 2.05) is 41.3 Å². The summed E-state index contributed by atoms with van der Waals surface area (Å²) in [4.78, 5) is 21.2. The first-order chi connectivity index (χ1) is 14.7. The Hall–Kier alpha value is -2.49. The van der Waals surface area contributed by atoms with Gasteiger partial charge < -0.3 is 25.2 Å². The number of hydrogen-bond acceptors (Lipinski definition) is 4. The molecule has 0 aliphatic carbocycles. The van der Waals surface area contributed by atoms with E-state index >= 15 is 0 Å². The van der Waals surface area contributed by atoms with Crippen LogP contribution in [0.25, 0.3) is 0 Å². The second-order valence-corrected chi connectivity index (χ2v) is 7.60. The molecular formula is C23H30IN5O2. The number of ether oxygens (including phenoxy) is 1. The fourth-order valence-electron chi connectivity index (χ4n) is 4.23. The molecule has 0 saturated carbocycles. The molecule has 2 aliphatic heterocycles. The van der Waals surface area contributed by atoms with E-state index in [0.717, 1.165) is 49.6 Å². The van der Waals surface area contributed by atoms with Gasteiger partial charge in [0.1, 0.15) is 5.75 Å². The third-order valence-electron chi connectivity index (χ3n) is 5.77. The number of nitrogens with one attached hydrogen (secondary N) is 2. The largest absolute Gasteiger partial charge is 0.495 e. The number of amides is 1. The average Bonchev–Trinajstić information content (AvgIpc) is 3.43. The summed E-state index contributed by atoms with van der Waals surface area (Å²) in [5.74, 6) is 1.60. The third kappa shape index (κ3) is 5.23. The Morgan fingerprint density at radius 3 is 2.65 bits per heavy atom. The number of methoxy groups -OCH3 is 1. The second kappa shape index (κ2) is 10.7. The lowest BCUT2D eigenvalue weighted by Gasteiger charge is -2.22. The van der Waals surface area contributed by atoms with E-state index in [1.165, 1.54) is 5.56 Å². The van der Waals surface area contributed by atoms with E-state index in [0.29, 0.717) is 5.96 Å². The summed E-state index contributed by atoms with van der Waals surface area (Å²) < 4.78 is 5.49. The molecule has 31 heavy (non-hydrogen) atoms. The molecule has 2 aromatic rings. The van der Waals surface area contributed by atoms with Gasteiger partial charge in [-0.25, -0.2) is 0 Å². The quantitative estimate of drug-likeness (QED) is 0.350. The van der Waals surface area contributed by atoms with Crippen molar-refractivity contribution in [1.82, 2.24) is 10.6 Å². The fraction of sp³-hybridized carbons (Fsp3) is 0.391. The van der Waals surface area contributed by atoms with Crippen molar-refractivity contribution in [2.45, 2.75) is 18.9 Å². The lowest BCUT2D eigenvalue weighted by Crippen LogP contribution is -2.48. The number of carbonyl (C=O) groups is 1. The van der Waals surface area contributed by atoms with Crippen molar-refractivity contribution in [3.05, 3.63) is 54.1 Å². The molecule has 0 radical (unpaired) electrons. The lowest BCUT2D eigenvalue weighted by atomic mass is 10.2. The molecule has 4 rings (SSSR count). The Kier molecular flexibility index (Phi) is 8.00. The van der Waals surface area contributed by atoms with E-state index in [2.05, 4.69) is 32.7 Å². The molecule has 1 amide bonds. The Labute approximate surface area is 200 Å². The summed E-state index contributed by atoms with van der Waals surface area (Å²) in [6.07, 6.45) is 1.90. The first kappa shape index (κ1) is 23.2. The van der Waals surface area contributed by atoms with Crippen LogP contribution in [-0.4, -0.2) is 58.2 Å². The predicted molar refractivity (Wildman–Crippen MR) is 136 cm³/mol. The van der Waals surface area contributed by atoms with Crippen molar-refractivity contribution in [2.24, 2.45) is 4.99 Å². The normalized spacial score (nSPS) is 17.7. The van der Waals surface area contributed by atoms with Crippen LogP contribution in [0, 0.1) is 0 Å². The number of rotatable bonds is 5. The van der Waals surface area contributed by atoms with Gasteiger partial charge >= 0.3 is 0 Å². The molecule has 1 saturated heterocycles. The first-order valence-electron chi connectivity index (χ1n) is 10.4. The zero-order valence-electron chi connectivity index (χ0n) is 18.0. The summed E-state index contributed by atoms with van der Waals surface area (Å²) in [6.45, 7) is 2.76. The highest BCUT2D eigenvalue weighted by atomic mass is 127. The van der Waals surface area contributed by atoms with Gasteiger partial charge in [-0.3, -0.25) is 9.79 Å². The van der Waals surface area contributed by atoms with Crippen LogP contribution in [0.5, 0.6) is 5.75 Å². The molecule has 1 fully saturated rings. The van der Waals surface area contributed by atoms with Crippen LogP contribution in [0.2, 0.25) is 0 Å². The number of fused-ring (bicyclic) bond motifs is 1. The Balaban J connectivity index is 0.00000272. The van der Waals surface area contributed by atoms with E-state index in [9.17, 15) is 4.79 Å². The molecule has 1 atom stereocenters. The van der Waals surface area contributed by atoms with Gasteiger partial charge in [0.25, 0.3) is 0 Å². The van der Waals surface area contributed by atoms with Gasteiger partial charge in [-0.1, -0.05) is 30.3 Å². The topological polar surface area (TPSA) is 69.2 Å². The molecule has 0 bridgehead atoms. The minimum absolute atomic E-state index is 0. The van der Waals surface area contributed by atoms with Gasteiger partial charge in [0.05, 0.1) is 19.3 Å². The highest BCUT2D eigenvalue weighted by Gasteiger charge is 2.26. The van der Waals surface area contributed by atoms with Crippen LogP contribution in [-0.2, 0) is 11.2 Å². The summed E-state index contributed by atoms with van der Waals surface area (Å²) in [5, 5.41) is 6.64. The maximum absolute atomic E-state index is 12.7. The second-order valence-electron chi connectivity index (χ2n) is 7.60. The van der Waals surface area contributed by atoms with Crippen LogP contribution in [0.3, 0.4) is 0 Å². The van der Waals surface area contributed by atoms with Gasteiger partial charge in [-0.2, -0.15) is 0 Å². The van der Waals surface area contributed by atoms with Crippen molar-refractivity contribution >= 4 is 47.2 Å². The number of hydrogen-bond donors (Lipinski definition) is 2. The standard InChI is InChI=1S/C23H29N5O2.HI/c1-24-23(25-15-22(29)28-14-11-17-7-3-4-8-19(17)28)26-18-12-13-27(16-18)20-9-5-6-10-21(20)30-2;/h3-10,18H,11-16H2,1-2H3,(H2,24,25,26);1H. The van der Waals surface area contributed by atoms with Crippen LogP contribution < -0.4 is 25.2 Å². The van der Waals surface area contributed by atoms with Gasteiger partial charge in [0.15, 0.2) is 5.96 Å². The van der Waals surface area contributed by atoms with Gasteiger partial charge in [0, 0.05) is 38.4 Å². The zero-order chi connectivity index (χ0) is 20.9. The number of guanidine groups is 1. The Bertz CT molecular complexity index is 936. The van der Waals surface area contributed by atoms with Crippen molar-refractivity contribution in [3.8, 4) is 5.75 Å². The Morgan fingerprint density at radius 1 is 1.13 bits per heavy atom. The maximum atomic E-state index is 12.7. The van der Waals surface area contributed by atoms with E-state index in [1.54, 1.807) is 14.2 Å². The molecule has 2 heterocycles. The van der Waals surface area contributed by atoms with Gasteiger partial charge in [-0.15, -0.1) is 24.0 Å². The molecule has 8 heteroatoms. The molecule has 7 nitrogen and oxygen atoms in total. The molecule has 1 unspecified atom stereocenters.